The third kappa shape index (κ3) is 2.69. The van der Waals surface area contributed by atoms with Crippen LogP contribution in [0.5, 0.6) is 11.5 Å². The van der Waals surface area contributed by atoms with Crippen LogP contribution in [0.3, 0.4) is 0 Å². The van der Waals surface area contributed by atoms with E-state index in [-0.39, 0.29) is 5.60 Å². The van der Waals surface area contributed by atoms with Crippen molar-refractivity contribution in [1.29, 1.82) is 0 Å². The zero-order chi connectivity index (χ0) is 14.1. The number of fused-ring (bicyclic) bond motifs is 1. The fraction of sp³-hybridized carbons (Fsp3) is 0.647. The molecule has 0 radical (unpaired) electrons. The first-order chi connectivity index (χ1) is 10.3. The minimum atomic E-state index is 0.208. The van der Waals surface area contributed by atoms with Gasteiger partial charge in [-0.1, -0.05) is 19.3 Å². The Balaban J connectivity index is 1.33. The van der Waals surface area contributed by atoms with Gasteiger partial charge in [0.1, 0.15) is 0 Å². The molecule has 1 saturated heterocycles. The van der Waals surface area contributed by atoms with E-state index in [1.54, 1.807) is 0 Å². The van der Waals surface area contributed by atoms with Crippen LogP contribution < -0.4 is 14.8 Å². The summed E-state index contributed by atoms with van der Waals surface area (Å²) in [5.41, 5.74) is 1.28. The van der Waals surface area contributed by atoms with Crippen LogP contribution in [0.15, 0.2) is 18.2 Å². The predicted octanol–water partition coefficient (Wildman–Crippen LogP) is 3.71. The normalized spacial score (nSPS) is 26.2. The predicted molar refractivity (Wildman–Crippen MR) is 81.0 cm³/mol. The van der Waals surface area contributed by atoms with E-state index >= 15 is 0 Å². The molecule has 2 aliphatic heterocycles. The minimum absolute atomic E-state index is 0.208. The Morgan fingerprint density at radius 1 is 1.05 bits per heavy atom. The molecule has 2 fully saturated rings. The van der Waals surface area contributed by atoms with Gasteiger partial charge in [0, 0.05) is 18.3 Å². The van der Waals surface area contributed by atoms with Gasteiger partial charge in [-0.15, -0.1) is 0 Å². The average molecular weight is 289 g/mol. The highest BCUT2D eigenvalue weighted by atomic mass is 16.7. The van der Waals surface area contributed by atoms with E-state index in [2.05, 4.69) is 5.32 Å². The first kappa shape index (κ1) is 13.3. The van der Waals surface area contributed by atoms with Crippen molar-refractivity contribution in [1.82, 2.24) is 0 Å². The molecule has 114 valence electrons. The molecule has 1 N–H and O–H groups in total. The maximum absolute atomic E-state index is 6.39. The first-order valence-electron chi connectivity index (χ1n) is 8.14. The summed E-state index contributed by atoms with van der Waals surface area (Å²) in [5, 5.41) is 3.48. The number of hydrogen-bond acceptors (Lipinski definition) is 4. The number of rotatable bonds is 3. The van der Waals surface area contributed by atoms with Crippen molar-refractivity contribution in [3.8, 4) is 11.5 Å². The van der Waals surface area contributed by atoms with Crippen LogP contribution in [-0.4, -0.2) is 25.0 Å². The summed E-state index contributed by atoms with van der Waals surface area (Å²) >= 11 is 0. The van der Waals surface area contributed by atoms with Gasteiger partial charge in [-0.3, -0.25) is 0 Å². The highest BCUT2D eigenvalue weighted by Crippen LogP contribution is 2.42. The smallest absolute Gasteiger partial charge is 0.231 e. The van der Waals surface area contributed by atoms with Gasteiger partial charge < -0.3 is 19.5 Å². The fourth-order valence-corrected chi connectivity index (χ4v) is 3.84. The van der Waals surface area contributed by atoms with E-state index < -0.39 is 0 Å². The minimum Gasteiger partial charge on any atom is -0.454 e. The van der Waals surface area contributed by atoms with Crippen LogP contribution >= 0.6 is 0 Å². The molecule has 2 heterocycles. The third-order valence-corrected chi connectivity index (χ3v) is 5.01. The van der Waals surface area contributed by atoms with E-state index in [9.17, 15) is 0 Å². The Hall–Kier alpha value is -1.42. The molecule has 1 saturated carbocycles. The zero-order valence-corrected chi connectivity index (χ0v) is 12.4. The molecule has 1 atom stereocenters. The standard InChI is InChI=1S/C17H23NO3/c1-2-7-17(8-3-1)9-6-14(21-17)11-18-13-4-5-15-16(10-13)20-12-19-15/h4-5,10,14,18H,1-3,6-9,11-12H2. The summed E-state index contributed by atoms with van der Waals surface area (Å²) in [4.78, 5) is 0. The van der Waals surface area contributed by atoms with E-state index in [1.807, 2.05) is 18.2 Å². The van der Waals surface area contributed by atoms with Gasteiger partial charge in [0.25, 0.3) is 0 Å². The molecule has 1 aliphatic carbocycles. The molecule has 1 aromatic carbocycles. The molecular formula is C17H23NO3. The molecule has 0 aromatic heterocycles. The quantitative estimate of drug-likeness (QED) is 0.921. The summed E-state index contributed by atoms with van der Waals surface area (Å²) < 4.78 is 17.1. The molecule has 0 bridgehead atoms. The van der Waals surface area contributed by atoms with Crippen molar-refractivity contribution >= 4 is 5.69 Å². The lowest BCUT2D eigenvalue weighted by molar-refractivity contribution is -0.0588. The van der Waals surface area contributed by atoms with Crippen LogP contribution in [0, 0.1) is 0 Å². The molecule has 1 spiro atoms. The van der Waals surface area contributed by atoms with E-state index in [0.29, 0.717) is 12.9 Å². The SMILES string of the molecule is c1cc2c(cc1NCC1CCC3(CCCCC3)O1)OCO2. The van der Waals surface area contributed by atoms with Crippen molar-refractivity contribution in [3.05, 3.63) is 18.2 Å². The van der Waals surface area contributed by atoms with Gasteiger partial charge >= 0.3 is 0 Å². The highest BCUT2D eigenvalue weighted by Gasteiger charge is 2.40. The number of benzene rings is 1. The van der Waals surface area contributed by atoms with Gasteiger partial charge in [0.05, 0.1) is 11.7 Å². The van der Waals surface area contributed by atoms with Crippen LogP contribution in [0.25, 0.3) is 0 Å². The second-order valence-corrected chi connectivity index (χ2v) is 6.47. The Morgan fingerprint density at radius 3 is 2.81 bits per heavy atom. The lowest BCUT2D eigenvalue weighted by atomic mass is 9.83. The zero-order valence-electron chi connectivity index (χ0n) is 12.4. The third-order valence-electron chi connectivity index (χ3n) is 5.01. The molecule has 4 heteroatoms. The molecule has 3 aliphatic rings. The van der Waals surface area contributed by atoms with Gasteiger partial charge in [-0.25, -0.2) is 0 Å². The second-order valence-electron chi connectivity index (χ2n) is 6.47. The van der Waals surface area contributed by atoms with Crippen molar-refractivity contribution in [2.75, 3.05) is 18.7 Å². The average Bonchev–Trinajstić information content (AvgIpc) is 3.13. The van der Waals surface area contributed by atoms with Crippen molar-refractivity contribution in [2.45, 2.75) is 56.7 Å². The monoisotopic (exact) mass is 289 g/mol. The Bertz CT molecular complexity index is 511. The number of nitrogens with one attached hydrogen (secondary N) is 1. The van der Waals surface area contributed by atoms with E-state index in [4.69, 9.17) is 14.2 Å². The Kier molecular flexibility index (Phi) is 3.42. The van der Waals surface area contributed by atoms with Gasteiger partial charge in [0.15, 0.2) is 11.5 Å². The largest absolute Gasteiger partial charge is 0.454 e. The van der Waals surface area contributed by atoms with Crippen LogP contribution in [0.1, 0.15) is 44.9 Å². The van der Waals surface area contributed by atoms with Gasteiger partial charge in [-0.2, -0.15) is 0 Å². The Morgan fingerprint density at radius 2 is 1.90 bits per heavy atom. The molecule has 21 heavy (non-hydrogen) atoms. The molecule has 1 aromatic rings. The van der Waals surface area contributed by atoms with Crippen LogP contribution in [0.2, 0.25) is 0 Å². The number of hydrogen-bond donors (Lipinski definition) is 1. The van der Waals surface area contributed by atoms with E-state index in [1.165, 1.54) is 44.9 Å². The van der Waals surface area contributed by atoms with Crippen molar-refractivity contribution in [3.63, 3.8) is 0 Å². The van der Waals surface area contributed by atoms with Gasteiger partial charge in [0.2, 0.25) is 6.79 Å². The Labute approximate surface area is 125 Å². The summed E-state index contributed by atoms with van der Waals surface area (Å²) in [6, 6.07) is 6.01. The summed E-state index contributed by atoms with van der Waals surface area (Å²) in [7, 11) is 0. The maximum atomic E-state index is 6.39. The van der Waals surface area contributed by atoms with Gasteiger partial charge in [-0.05, 0) is 37.8 Å². The molecule has 1 unspecified atom stereocenters. The topological polar surface area (TPSA) is 39.7 Å². The maximum Gasteiger partial charge on any atom is 0.231 e. The van der Waals surface area contributed by atoms with Crippen LogP contribution in [0.4, 0.5) is 5.69 Å². The first-order valence-corrected chi connectivity index (χ1v) is 8.14. The molecular weight excluding hydrogens is 266 g/mol. The fourth-order valence-electron chi connectivity index (χ4n) is 3.84. The lowest BCUT2D eigenvalue weighted by Gasteiger charge is -2.33. The second kappa shape index (κ2) is 5.41. The van der Waals surface area contributed by atoms with Crippen LogP contribution in [-0.2, 0) is 4.74 Å². The van der Waals surface area contributed by atoms with E-state index in [0.717, 1.165) is 23.7 Å². The lowest BCUT2D eigenvalue weighted by Crippen LogP contribution is -2.33. The number of anilines is 1. The molecule has 4 rings (SSSR count). The highest BCUT2D eigenvalue weighted by molar-refractivity contribution is 5.55. The summed E-state index contributed by atoms with van der Waals surface area (Å²) in [5.74, 6) is 1.66. The number of ether oxygens (including phenoxy) is 3. The summed E-state index contributed by atoms with van der Waals surface area (Å²) in [6.45, 7) is 1.20. The van der Waals surface area contributed by atoms with Crippen molar-refractivity contribution < 1.29 is 14.2 Å². The molecule has 0 amide bonds. The van der Waals surface area contributed by atoms with Crippen molar-refractivity contribution in [2.24, 2.45) is 0 Å². The summed E-state index contributed by atoms with van der Waals surface area (Å²) in [6.07, 6.45) is 9.32. The molecule has 4 nitrogen and oxygen atoms in total.